The van der Waals surface area contributed by atoms with Crippen LogP contribution in [0.1, 0.15) is 48.0 Å². The average Bonchev–Trinajstić information content (AvgIpc) is 1.51. The molecule has 3 nitrogen and oxygen atoms in total. The minimum absolute atomic E-state index is 0.576. The van der Waals surface area contributed by atoms with Crippen molar-refractivity contribution in [3.8, 4) is 39.3 Å². The second kappa shape index (κ2) is 12.5. The monoisotopic (exact) mass is 761 g/mol. The fourth-order valence-electron chi connectivity index (χ4n) is 6.94. The van der Waals surface area contributed by atoms with Gasteiger partial charge in [-0.1, -0.05) is 145 Å². The van der Waals surface area contributed by atoms with Crippen LogP contribution in [-0.4, -0.2) is 13.7 Å². The molecule has 3 heteroatoms. The van der Waals surface area contributed by atoms with E-state index in [1.807, 2.05) is 0 Å². The van der Waals surface area contributed by atoms with E-state index in [4.69, 9.17) is 26.0 Å². The van der Waals surface area contributed by atoms with E-state index in [2.05, 4.69) is 0 Å². The average molecular weight is 761 g/mol. The van der Waals surface area contributed by atoms with Gasteiger partial charge in [0.05, 0.1) is 86.8 Å². The quantitative estimate of drug-likeness (QED) is 0.166. The Morgan fingerprint density at radius 3 is 1.44 bits per heavy atom. The van der Waals surface area contributed by atoms with Gasteiger partial charge in [0.2, 0.25) is 0 Å². The lowest BCUT2D eigenvalue weighted by Crippen LogP contribution is -1.98. The van der Waals surface area contributed by atoms with Crippen LogP contribution in [0.3, 0.4) is 0 Å². The Bertz CT molecular complexity index is 5480. The van der Waals surface area contributed by atoms with Gasteiger partial charge in [0, 0.05) is 49.3 Å². The number of para-hydroxylation sites is 5. The first-order chi connectivity index (χ1) is 42.9. The topological polar surface area (TPSA) is 14.8 Å². The van der Waals surface area contributed by atoms with Gasteiger partial charge in [0.25, 0.3) is 0 Å². The number of hydrogen-bond donors (Lipinski definition) is 0. The second-order valence-corrected chi connectivity index (χ2v) is 12.3. The van der Waals surface area contributed by atoms with Crippen LogP contribution in [0, 0.1) is 0 Å². The Hall–Kier alpha value is -7.62. The second-order valence-electron chi connectivity index (χ2n) is 12.3. The van der Waals surface area contributed by atoms with Crippen LogP contribution in [0.15, 0.2) is 211 Å². The summed E-state index contributed by atoms with van der Waals surface area (Å²) in [4.78, 5) is 0. The number of hydrogen-bond acceptors (Lipinski definition) is 0. The van der Waals surface area contributed by atoms with Crippen LogP contribution in [-0.2, 0) is 0 Å². The summed E-state index contributed by atoms with van der Waals surface area (Å²) < 4.78 is 322. The SMILES string of the molecule is [2H]c1c([2H])c([2H])c(-c2c([2H])c([2H])c([2H])c(-n3c4c([2H])c([2H])c([2H])c([2H])c4c4c([2H])c(-n5c6c([2H])c([2H])c([2H])c([2H])c6c6c([2H])c([2H])c(-c7c([2H])c([2H])c([2H])c([2H])c7-n7c8c([2H])c([2H])c([2H])c([2H])c8c8c([2H])c([2H])c([2H])c([2H])c87)c([2H])c65)c([2H])c([2H])c43)c2[2H])c([2H])c1[2H]. The normalized spacial score (nSPS) is 20.5. The van der Waals surface area contributed by atoms with E-state index in [1.165, 1.54) is 0 Å². The molecule has 0 fully saturated rings. The standard InChI is InChI=1S/C54H35N3/c1-2-15-36(16-3-1)37-17-14-18-39(33-37)55-50-26-11-8-23-45(50)47-35-40(30-32-53(47)55)56-49-25-10-5-22-44(49)46-31-29-38(34-54(46)56)41-19-4-9-24-48(41)57-51-27-12-6-20-42(51)43-21-7-13-28-52(43)57/h1-35H/i1D,2D,3D,4D,5D,6D,7D,8D,9D,10D,11D,12D,13D,14D,15D,16D,17D,18D,19D,20D,21D,22D,23D,24D,25D,26D,27D,28D,29D,30D,31D,32D,33D,34D,35D. The molecule has 12 aromatic rings. The maximum atomic E-state index is 10.3. The van der Waals surface area contributed by atoms with E-state index >= 15 is 0 Å². The molecule has 0 atom stereocenters. The summed E-state index contributed by atoms with van der Waals surface area (Å²) >= 11 is 0. The highest BCUT2D eigenvalue weighted by molar-refractivity contribution is 6.13. The molecule has 0 bridgehead atoms. The highest BCUT2D eigenvalue weighted by Gasteiger charge is 2.19. The summed E-state index contributed by atoms with van der Waals surface area (Å²) in [6.45, 7) is 0. The number of rotatable bonds is 5. The largest absolute Gasteiger partial charge is 0.309 e. The van der Waals surface area contributed by atoms with Gasteiger partial charge in [-0.05, 0) is 83.2 Å². The first-order valence-electron chi connectivity index (χ1n) is 34.3. The Morgan fingerprint density at radius 1 is 0.263 bits per heavy atom. The van der Waals surface area contributed by atoms with Crippen molar-refractivity contribution in [3.63, 3.8) is 0 Å². The summed E-state index contributed by atoms with van der Waals surface area (Å²) in [5, 5.41) is -4.09. The molecule has 266 valence electrons. The molecule has 0 aliphatic rings. The highest BCUT2D eigenvalue weighted by Crippen LogP contribution is 2.41. The molecule has 12 rings (SSSR count). The van der Waals surface area contributed by atoms with Gasteiger partial charge in [0.15, 0.2) is 0 Å². The molecule has 0 aliphatic heterocycles. The van der Waals surface area contributed by atoms with Gasteiger partial charge in [-0.15, -0.1) is 0 Å². The van der Waals surface area contributed by atoms with Crippen molar-refractivity contribution < 1.29 is 48.0 Å². The fraction of sp³-hybridized carbons (Fsp3) is 0. The maximum absolute atomic E-state index is 10.3. The van der Waals surface area contributed by atoms with Crippen LogP contribution >= 0.6 is 0 Å². The first kappa shape index (κ1) is 12.7. The predicted molar refractivity (Wildman–Crippen MR) is 240 cm³/mol. The van der Waals surface area contributed by atoms with Crippen LogP contribution in [0.2, 0.25) is 0 Å². The number of nitrogens with zero attached hydrogens (tertiary/aromatic N) is 3. The minimum Gasteiger partial charge on any atom is -0.309 e. The molecule has 9 aromatic carbocycles. The number of aromatic nitrogens is 3. The molecule has 0 saturated carbocycles. The van der Waals surface area contributed by atoms with Crippen molar-refractivity contribution in [3.05, 3.63) is 211 Å². The molecule has 57 heavy (non-hydrogen) atoms. The zero-order chi connectivity index (χ0) is 67.9. The molecule has 0 aliphatic carbocycles. The maximum Gasteiger partial charge on any atom is 0.0652 e. The molecule has 3 heterocycles. The molecule has 0 N–H and O–H groups in total. The Kier molecular flexibility index (Phi) is 2.78. The van der Waals surface area contributed by atoms with Crippen molar-refractivity contribution in [2.24, 2.45) is 0 Å². The molecule has 0 spiro atoms. The van der Waals surface area contributed by atoms with Crippen LogP contribution < -0.4 is 0 Å². The summed E-state index contributed by atoms with van der Waals surface area (Å²) in [6, 6.07) is -35.9. The molecule has 0 unspecified atom stereocenters. The summed E-state index contributed by atoms with van der Waals surface area (Å²) in [5.41, 5.74) is -11.2. The van der Waals surface area contributed by atoms with E-state index in [9.17, 15) is 21.9 Å². The van der Waals surface area contributed by atoms with Gasteiger partial charge in [-0.25, -0.2) is 0 Å². The lowest BCUT2D eigenvalue weighted by molar-refractivity contribution is 1.16. The highest BCUT2D eigenvalue weighted by atomic mass is 15.0. The van der Waals surface area contributed by atoms with Crippen molar-refractivity contribution in [2.45, 2.75) is 0 Å². The molecular weight excluding hydrogens is 691 g/mol. The lowest BCUT2D eigenvalue weighted by atomic mass is 10.0. The van der Waals surface area contributed by atoms with Crippen molar-refractivity contribution in [1.29, 1.82) is 0 Å². The van der Waals surface area contributed by atoms with E-state index in [-0.39, 0.29) is 0 Å². The van der Waals surface area contributed by atoms with E-state index in [1.54, 1.807) is 0 Å². The molecule has 0 amide bonds. The Balaban J connectivity index is 1.32. The van der Waals surface area contributed by atoms with Crippen LogP contribution in [0.25, 0.3) is 105 Å². The van der Waals surface area contributed by atoms with E-state index < -0.39 is 316 Å². The molecule has 0 radical (unpaired) electrons. The van der Waals surface area contributed by atoms with Crippen molar-refractivity contribution in [1.82, 2.24) is 13.7 Å². The van der Waals surface area contributed by atoms with E-state index in [0.29, 0.717) is 13.7 Å². The summed E-state index contributed by atoms with van der Waals surface area (Å²) in [7, 11) is 0. The third-order valence-corrected chi connectivity index (χ3v) is 9.29. The molecule has 3 aromatic heterocycles. The van der Waals surface area contributed by atoms with Gasteiger partial charge in [-0.3, -0.25) is 0 Å². The number of benzene rings is 9. The Morgan fingerprint density at radius 2 is 0.754 bits per heavy atom. The van der Waals surface area contributed by atoms with Gasteiger partial charge < -0.3 is 13.7 Å². The zero-order valence-electron chi connectivity index (χ0n) is 63.3. The Labute approximate surface area is 378 Å². The van der Waals surface area contributed by atoms with Gasteiger partial charge in [-0.2, -0.15) is 0 Å². The predicted octanol–water partition coefficient (Wildman–Crippen LogP) is 14.3. The number of fused-ring (bicyclic) bond motifs is 9. The first-order valence-corrected chi connectivity index (χ1v) is 16.8. The third kappa shape index (κ3) is 4.79. The molecule has 0 saturated heterocycles. The van der Waals surface area contributed by atoms with E-state index in [0.717, 1.165) is 0 Å². The van der Waals surface area contributed by atoms with Crippen molar-refractivity contribution >= 4 is 65.4 Å². The third-order valence-electron chi connectivity index (χ3n) is 9.29. The smallest absolute Gasteiger partial charge is 0.0652 e. The lowest BCUT2D eigenvalue weighted by Gasteiger charge is -2.15. The van der Waals surface area contributed by atoms with Gasteiger partial charge in [0.1, 0.15) is 0 Å². The van der Waals surface area contributed by atoms with Crippen LogP contribution in [0.4, 0.5) is 0 Å². The van der Waals surface area contributed by atoms with Gasteiger partial charge >= 0.3 is 0 Å². The van der Waals surface area contributed by atoms with Crippen molar-refractivity contribution in [2.75, 3.05) is 0 Å². The summed E-state index contributed by atoms with van der Waals surface area (Å²) in [6.07, 6.45) is 0. The zero-order valence-corrected chi connectivity index (χ0v) is 28.3. The molecular formula is C54H35N3. The van der Waals surface area contributed by atoms with Crippen LogP contribution in [0.5, 0.6) is 0 Å². The fourth-order valence-corrected chi connectivity index (χ4v) is 6.94. The minimum atomic E-state index is -1.21. The summed E-state index contributed by atoms with van der Waals surface area (Å²) in [5.74, 6) is 0.